The number of rotatable bonds is 9. The summed E-state index contributed by atoms with van der Waals surface area (Å²) in [4.78, 5) is 0. The molecule has 0 aliphatic rings. The number of benzene rings is 3. The number of aliphatic hydroxyl groups excluding tert-OH is 1. The monoisotopic (exact) mass is 381 g/mol. The fourth-order valence-electron chi connectivity index (χ4n) is 3.08. The summed E-state index contributed by atoms with van der Waals surface area (Å²) in [6.07, 6.45) is 0.734. The van der Waals surface area contributed by atoms with Crippen LogP contribution in [0.2, 0.25) is 0 Å². The molecule has 3 aromatic rings. The van der Waals surface area contributed by atoms with Crippen molar-refractivity contribution in [2.75, 3.05) is 19.0 Å². The fourth-order valence-corrected chi connectivity index (χ4v) is 4.19. The van der Waals surface area contributed by atoms with Crippen molar-refractivity contribution in [1.29, 1.82) is 0 Å². The Labute approximate surface area is 164 Å². The van der Waals surface area contributed by atoms with Crippen molar-refractivity contribution in [2.24, 2.45) is 0 Å². The van der Waals surface area contributed by atoms with Crippen molar-refractivity contribution in [3.8, 4) is 11.1 Å². The van der Waals surface area contributed by atoms with Gasteiger partial charge in [0.25, 0.3) is 0 Å². The highest BCUT2D eigenvalue weighted by molar-refractivity contribution is 7.99. The van der Waals surface area contributed by atoms with Crippen molar-refractivity contribution in [1.82, 2.24) is 5.32 Å². The van der Waals surface area contributed by atoms with Crippen LogP contribution in [0, 0.1) is 5.82 Å². The van der Waals surface area contributed by atoms with E-state index in [9.17, 15) is 4.39 Å². The van der Waals surface area contributed by atoms with Crippen LogP contribution in [-0.2, 0) is 6.42 Å². The van der Waals surface area contributed by atoms with E-state index in [1.54, 1.807) is 17.8 Å². The zero-order valence-corrected chi connectivity index (χ0v) is 16.0. The molecule has 0 saturated carbocycles. The molecule has 0 bridgehead atoms. The summed E-state index contributed by atoms with van der Waals surface area (Å²) in [6, 6.07) is 25.5. The molecule has 1 atom stereocenters. The number of aliphatic hydroxyl groups is 1. The highest BCUT2D eigenvalue weighted by Crippen LogP contribution is 2.35. The summed E-state index contributed by atoms with van der Waals surface area (Å²) in [7, 11) is 0. The Morgan fingerprint density at radius 1 is 0.926 bits per heavy atom. The largest absolute Gasteiger partial charge is 0.395 e. The van der Waals surface area contributed by atoms with Crippen LogP contribution in [0.1, 0.15) is 16.4 Å². The van der Waals surface area contributed by atoms with Crippen LogP contribution in [-0.4, -0.2) is 24.1 Å². The van der Waals surface area contributed by atoms with Crippen LogP contribution in [0.15, 0.2) is 78.9 Å². The summed E-state index contributed by atoms with van der Waals surface area (Å²) in [5, 5.41) is 12.4. The molecule has 0 aliphatic heterocycles. The number of halogens is 1. The van der Waals surface area contributed by atoms with Crippen LogP contribution in [0.4, 0.5) is 4.39 Å². The molecule has 0 heterocycles. The lowest BCUT2D eigenvalue weighted by atomic mass is 9.95. The average molecular weight is 382 g/mol. The lowest BCUT2D eigenvalue weighted by Crippen LogP contribution is -2.18. The molecule has 0 radical (unpaired) electrons. The molecule has 0 fully saturated rings. The van der Waals surface area contributed by atoms with Crippen LogP contribution in [0.25, 0.3) is 11.1 Å². The van der Waals surface area contributed by atoms with Crippen molar-refractivity contribution in [2.45, 2.75) is 11.7 Å². The predicted molar refractivity (Wildman–Crippen MR) is 112 cm³/mol. The summed E-state index contributed by atoms with van der Waals surface area (Å²) in [6.45, 7) is 0.697. The summed E-state index contributed by atoms with van der Waals surface area (Å²) in [5.41, 5.74) is 4.39. The van der Waals surface area contributed by atoms with E-state index in [0.717, 1.165) is 29.0 Å². The first-order chi connectivity index (χ1) is 13.3. The van der Waals surface area contributed by atoms with Gasteiger partial charge >= 0.3 is 0 Å². The minimum atomic E-state index is -0.208. The Morgan fingerprint density at radius 3 is 2.33 bits per heavy atom. The highest BCUT2D eigenvalue weighted by atomic mass is 32.2. The first kappa shape index (κ1) is 19.6. The zero-order valence-electron chi connectivity index (χ0n) is 15.1. The Balaban J connectivity index is 1.87. The molecular formula is C23H24FNOS. The first-order valence-corrected chi connectivity index (χ1v) is 10.1. The van der Waals surface area contributed by atoms with Crippen LogP contribution < -0.4 is 5.32 Å². The van der Waals surface area contributed by atoms with Crippen LogP contribution in [0.5, 0.6) is 0 Å². The van der Waals surface area contributed by atoms with Gasteiger partial charge in [0.2, 0.25) is 0 Å². The number of thioether (sulfide) groups is 1. The molecule has 0 unspecified atom stereocenters. The van der Waals surface area contributed by atoms with E-state index >= 15 is 0 Å². The van der Waals surface area contributed by atoms with E-state index in [0.29, 0.717) is 6.54 Å². The van der Waals surface area contributed by atoms with Crippen molar-refractivity contribution < 1.29 is 9.50 Å². The van der Waals surface area contributed by atoms with Crippen molar-refractivity contribution in [3.05, 3.63) is 95.8 Å². The summed E-state index contributed by atoms with van der Waals surface area (Å²) >= 11 is 1.77. The van der Waals surface area contributed by atoms with Gasteiger partial charge in [0.05, 0.1) is 6.61 Å². The molecule has 2 N–H and O–H groups in total. The SMILES string of the molecule is OCCNCS[C@@H](Cc1cc(F)ccc1-c1ccccc1)c1ccccc1. The summed E-state index contributed by atoms with van der Waals surface area (Å²) in [5.74, 6) is 0.524. The maximum absolute atomic E-state index is 14.0. The normalized spacial score (nSPS) is 12.1. The lowest BCUT2D eigenvalue weighted by molar-refractivity contribution is 0.295. The van der Waals surface area contributed by atoms with Gasteiger partial charge in [-0.1, -0.05) is 66.7 Å². The van der Waals surface area contributed by atoms with E-state index in [1.807, 2.05) is 42.5 Å². The van der Waals surface area contributed by atoms with Gasteiger partial charge in [-0.2, -0.15) is 0 Å². The number of nitrogens with one attached hydrogen (secondary N) is 1. The van der Waals surface area contributed by atoms with Gasteiger partial charge in [0.1, 0.15) is 5.82 Å². The average Bonchev–Trinajstić information content (AvgIpc) is 2.72. The maximum atomic E-state index is 14.0. The van der Waals surface area contributed by atoms with Crippen LogP contribution >= 0.6 is 11.8 Å². The number of hydrogen-bond donors (Lipinski definition) is 2. The van der Waals surface area contributed by atoms with Crippen LogP contribution in [0.3, 0.4) is 0 Å². The smallest absolute Gasteiger partial charge is 0.123 e. The minimum absolute atomic E-state index is 0.124. The molecule has 3 rings (SSSR count). The van der Waals surface area contributed by atoms with Gasteiger partial charge in [-0.05, 0) is 40.8 Å². The van der Waals surface area contributed by atoms with E-state index in [-0.39, 0.29) is 17.7 Å². The molecule has 0 spiro atoms. The maximum Gasteiger partial charge on any atom is 0.123 e. The first-order valence-electron chi connectivity index (χ1n) is 9.10. The molecule has 27 heavy (non-hydrogen) atoms. The van der Waals surface area contributed by atoms with Gasteiger partial charge in [-0.3, -0.25) is 0 Å². The quantitative estimate of drug-likeness (QED) is 0.402. The molecule has 3 aromatic carbocycles. The van der Waals surface area contributed by atoms with Gasteiger partial charge in [0.15, 0.2) is 0 Å². The zero-order chi connectivity index (χ0) is 18.9. The van der Waals surface area contributed by atoms with Crippen molar-refractivity contribution in [3.63, 3.8) is 0 Å². The lowest BCUT2D eigenvalue weighted by Gasteiger charge is -2.20. The molecule has 140 valence electrons. The van der Waals surface area contributed by atoms with E-state index in [4.69, 9.17) is 5.11 Å². The third kappa shape index (κ3) is 5.67. The fraction of sp³-hybridized carbons (Fsp3) is 0.217. The molecule has 2 nitrogen and oxygen atoms in total. The molecule has 0 aliphatic carbocycles. The third-order valence-corrected chi connectivity index (χ3v) is 5.62. The third-order valence-electron chi connectivity index (χ3n) is 4.40. The van der Waals surface area contributed by atoms with Gasteiger partial charge in [-0.25, -0.2) is 4.39 Å². The Kier molecular flexibility index (Phi) is 7.45. The van der Waals surface area contributed by atoms with Gasteiger partial charge in [-0.15, -0.1) is 11.8 Å². The van der Waals surface area contributed by atoms with Crippen molar-refractivity contribution >= 4 is 11.8 Å². The number of hydrogen-bond acceptors (Lipinski definition) is 3. The Morgan fingerprint density at radius 2 is 1.63 bits per heavy atom. The molecule has 0 saturated heterocycles. The summed E-state index contributed by atoms with van der Waals surface area (Å²) < 4.78 is 14.0. The second-order valence-corrected chi connectivity index (χ2v) is 7.50. The topological polar surface area (TPSA) is 32.3 Å². The predicted octanol–water partition coefficient (Wildman–Crippen LogP) is 5.05. The second-order valence-electron chi connectivity index (χ2n) is 6.31. The Hall–Kier alpha value is -2.14. The van der Waals surface area contributed by atoms with Gasteiger partial charge in [0, 0.05) is 17.7 Å². The second kappa shape index (κ2) is 10.3. The molecule has 0 amide bonds. The molecular weight excluding hydrogens is 357 g/mol. The van der Waals surface area contributed by atoms with E-state index < -0.39 is 0 Å². The molecule has 0 aromatic heterocycles. The molecule has 4 heteroatoms. The Bertz CT molecular complexity index is 826. The van der Waals surface area contributed by atoms with Gasteiger partial charge < -0.3 is 10.4 Å². The van der Waals surface area contributed by atoms with E-state index in [1.165, 1.54) is 11.6 Å². The minimum Gasteiger partial charge on any atom is -0.395 e. The standard InChI is InChI=1S/C23H24FNOS/c24-21-11-12-22(18-7-3-1-4-8-18)20(15-21)16-23(27-17-25-13-14-26)19-9-5-2-6-10-19/h1-12,15,23,25-26H,13-14,16-17H2/t23-/m0/s1. The van der Waals surface area contributed by atoms with E-state index in [2.05, 4.69) is 29.6 Å². The highest BCUT2D eigenvalue weighted by Gasteiger charge is 2.16.